The van der Waals surface area contributed by atoms with E-state index in [9.17, 15) is 9.59 Å². The van der Waals surface area contributed by atoms with Crippen molar-refractivity contribution < 1.29 is 19.0 Å². The van der Waals surface area contributed by atoms with Gasteiger partial charge in [-0.3, -0.25) is 19.2 Å². The molecule has 33 heavy (non-hydrogen) atoms. The molecule has 2 atom stereocenters. The van der Waals surface area contributed by atoms with E-state index in [1.165, 1.54) is 11.8 Å². The summed E-state index contributed by atoms with van der Waals surface area (Å²) in [6.45, 7) is 3.70. The van der Waals surface area contributed by atoms with Gasteiger partial charge in [0.2, 0.25) is 11.7 Å². The lowest BCUT2D eigenvalue weighted by molar-refractivity contribution is -0.117. The fraction of sp³-hybridized carbons (Fsp3) is 0.333. The van der Waals surface area contributed by atoms with E-state index in [0.29, 0.717) is 28.6 Å². The average Bonchev–Trinajstić information content (AvgIpc) is 3.24. The van der Waals surface area contributed by atoms with Crippen molar-refractivity contribution in [1.82, 2.24) is 9.36 Å². The Kier molecular flexibility index (Phi) is 6.16. The van der Waals surface area contributed by atoms with Crippen LogP contribution in [0.4, 0.5) is 5.69 Å². The first-order valence-corrected chi connectivity index (χ1v) is 11.4. The molecule has 0 radical (unpaired) electrons. The molecule has 8 nitrogen and oxygen atoms in total. The Balaban J connectivity index is 1.90. The van der Waals surface area contributed by atoms with Crippen molar-refractivity contribution in [3.05, 3.63) is 64.1 Å². The zero-order valence-electron chi connectivity index (χ0n) is 19.5. The molecule has 3 aromatic rings. The number of rotatable bonds is 6. The van der Waals surface area contributed by atoms with Crippen LogP contribution in [0.2, 0.25) is 0 Å². The number of aromatic nitrogens is 2. The molecule has 1 amide bonds. The quantitative estimate of drug-likeness (QED) is 0.548. The third-order valence-corrected chi connectivity index (χ3v) is 7.24. The Morgan fingerprint density at radius 3 is 2.09 bits per heavy atom. The van der Waals surface area contributed by atoms with Gasteiger partial charge < -0.3 is 14.2 Å². The Morgan fingerprint density at radius 2 is 1.55 bits per heavy atom. The van der Waals surface area contributed by atoms with Crippen molar-refractivity contribution in [2.24, 2.45) is 7.05 Å². The second-order valence-corrected chi connectivity index (χ2v) is 9.13. The highest BCUT2D eigenvalue weighted by molar-refractivity contribution is 8.01. The molecule has 0 spiro atoms. The third kappa shape index (κ3) is 3.66. The molecule has 174 valence electrons. The number of hydrogen-bond acceptors (Lipinski definition) is 6. The number of methoxy groups -OCH3 is 3. The minimum absolute atomic E-state index is 0.121. The summed E-state index contributed by atoms with van der Waals surface area (Å²) < 4.78 is 19.8. The number of anilines is 1. The zero-order chi connectivity index (χ0) is 23.9. The van der Waals surface area contributed by atoms with Gasteiger partial charge in [-0.05, 0) is 43.7 Å². The average molecular weight is 470 g/mol. The number of carbonyl (C=O) groups is 1. The first-order valence-electron chi connectivity index (χ1n) is 10.5. The molecule has 2 aromatic carbocycles. The van der Waals surface area contributed by atoms with Crippen LogP contribution >= 0.6 is 11.8 Å². The first kappa shape index (κ1) is 22.8. The highest BCUT2D eigenvalue weighted by Crippen LogP contribution is 2.49. The molecule has 1 saturated heterocycles. The standard InChI is InChI=1S/C24H27N3O5S/c1-14-20(23(29)27(25(14)3)17-10-8-7-9-11-17)26-22(28)15(2)33-24(26)16-12-18(30-4)21(32-6)19(13-16)31-5/h7-13,15,24H,1-6H3/t15-,24+/m0/s1. The van der Waals surface area contributed by atoms with Crippen molar-refractivity contribution >= 4 is 23.4 Å². The first-order chi connectivity index (χ1) is 15.8. The number of amides is 1. The van der Waals surface area contributed by atoms with Gasteiger partial charge in [0.15, 0.2) is 11.5 Å². The van der Waals surface area contributed by atoms with E-state index in [2.05, 4.69) is 0 Å². The van der Waals surface area contributed by atoms with Crippen LogP contribution in [0.1, 0.15) is 23.6 Å². The molecule has 0 aliphatic carbocycles. The molecule has 0 bridgehead atoms. The van der Waals surface area contributed by atoms with Crippen LogP contribution < -0.4 is 24.7 Å². The summed E-state index contributed by atoms with van der Waals surface area (Å²) >= 11 is 1.48. The lowest BCUT2D eigenvalue weighted by Gasteiger charge is -2.24. The van der Waals surface area contributed by atoms with Crippen LogP contribution in [-0.2, 0) is 11.8 Å². The number of benzene rings is 2. The van der Waals surface area contributed by atoms with E-state index < -0.39 is 5.37 Å². The third-order valence-electron chi connectivity index (χ3n) is 5.89. The van der Waals surface area contributed by atoms with E-state index in [-0.39, 0.29) is 16.7 Å². The van der Waals surface area contributed by atoms with Gasteiger partial charge in [0.05, 0.1) is 38.0 Å². The van der Waals surface area contributed by atoms with Crippen molar-refractivity contribution in [2.75, 3.05) is 26.2 Å². The smallest absolute Gasteiger partial charge is 0.295 e. The maximum Gasteiger partial charge on any atom is 0.295 e. The molecule has 0 saturated carbocycles. The molecule has 1 aliphatic heterocycles. The molecule has 1 aliphatic rings. The highest BCUT2D eigenvalue weighted by Gasteiger charge is 2.43. The molecule has 4 rings (SSSR count). The topological polar surface area (TPSA) is 74.9 Å². The Labute approximate surface area is 196 Å². The molecule has 1 aromatic heterocycles. The number of ether oxygens (including phenoxy) is 3. The van der Waals surface area contributed by atoms with Gasteiger partial charge in [0.25, 0.3) is 5.56 Å². The maximum absolute atomic E-state index is 13.6. The van der Waals surface area contributed by atoms with Gasteiger partial charge in [0, 0.05) is 7.05 Å². The number of thioether (sulfide) groups is 1. The lowest BCUT2D eigenvalue weighted by Crippen LogP contribution is -2.34. The van der Waals surface area contributed by atoms with Gasteiger partial charge in [-0.2, -0.15) is 0 Å². The van der Waals surface area contributed by atoms with E-state index in [4.69, 9.17) is 14.2 Å². The van der Waals surface area contributed by atoms with E-state index in [1.54, 1.807) is 35.6 Å². The van der Waals surface area contributed by atoms with Crippen molar-refractivity contribution in [1.29, 1.82) is 0 Å². The second kappa shape index (κ2) is 8.90. The summed E-state index contributed by atoms with van der Waals surface area (Å²) in [5.41, 5.74) is 2.32. The molecule has 0 N–H and O–H groups in total. The molecule has 1 fully saturated rings. The molecule has 9 heteroatoms. The van der Waals surface area contributed by atoms with Crippen molar-refractivity contribution in [3.63, 3.8) is 0 Å². The van der Waals surface area contributed by atoms with Crippen LogP contribution in [-0.4, -0.2) is 41.9 Å². The van der Waals surface area contributed by atoms with Crippen LogP contribution in [0.25, 0.3) is 5.69 Å². The van der Waals surface area contributed by atoms with E-state index >= 15 is 0 Å². The predicted octanol–water partition coefficient (Wildman–Crippen LogP) is 3.68. The van der Waals surface area contributed by atoms with Crippen LogP contribution in [0.3, 0.4) is 0 Å². The summed E-state index contributed by atoms with van der Waals surface area (Å²) in [6.07, 6.45) is 0. The maximum atomic E-state index is 13.6. The van der Waals surface area contributed by atoms with Crippen molar-refractivity contribution in [3.8, 4) is 22.9 Å². The monoisotopic (exact) mass is 469 g/mol. The van der Waals surface area contributed by atoms with Gasteiger partial charge >= 0.3 is 0 Å². The summed E-state index contributed by atoms with van der Waals surface area (Å²) in [7, 11) is 6.46. The van der Waals surface area contributed by atoms with E-state index in [1.807, 2.05) is 63.4 Å². The van der Waals surface area contributed by atoms with Gasteiger partial charge in [-0.25, -0.2) is 4.68 Å². The lowest BCUT2D eigenvalue weighted by atomic mass is 10.1. The molecule has 0 unspecified atom stereocenters. The van der Waals surface area contributed by atoms with Gasteiger partial charge in [-0.15, -0.1) is 11.8 Å². The van der Waals surface area contributed by atoms with Crippen LogP contribution in [0.5, 0.6) is 17.2 Å². The minimum Gasteiger partial charge on any atom is -0.493 e. The minimum atomic E-state index is -0.431. The van der Waals surface area contributed by atoms with Gasteiger partial charge in [0.1, 0.15) is 11.1 Å². The number of carbonyl (C=O) groups excluding carboxylic acids is 1. The zero-order valence-corrected chi connectivity index (χ0v) is 20.3. The Hall–Kier alpha value is -3.33. The summed E-state index contributed by atoms with van der Waals surface area (Å²) in [5.74, 6) is 1.33. The summed E-state index contributed by atoms with van der Waals surface area (Å²) in [5, 5.41) is -0.752. The Morgan fingerprint density at radius 1 is 0.939 bits per heavy atom. The van der Waals surface area contributed by atoms with Gasteiger partial charge in [-0.1, -0.05) is 18.2 Å². The second-order valence-electron chi connectivity index (χ2n) is 7.71. The van der Waals surface area contributed by atoms with Crippen molar-refractivity contribution in [2.45, 2.75) is 24.5 Å². The normalized spacial score (nSPS) is 18.0. The molecular weight excluding hydrogens is 442 g/mol. The Bertz CT molecular complexity index is 1230. The number of nitrogens with zero attached hydrogens (tertiary/aromatic N) is 3. The predicted molar refractivity (Wildman–Crippen MR) is 129 cm³/mol. The molecule has 2 heterocycles. The number of para-hydroxylation sites is 1. The molecular formula is C24H27N3O5S. The highest BCUT2D eigenvalue weighted by atomic mass is 32.2. The summed E-state index contributed by atoms with van der Waals surface area (Å²) in [6, 6.07) is 13.0. The fourth-order valence-electron chi connectivity index (χ4n) is 4.15. The van der Waals surface area contributed by atoms with E-state index in [0.717, 1.165) is 11.3 Å². The number of hydrogen-bond donors (Lipinski definition) is 0. The summed E-state index contributed by atoms with van der Waals surface area (Å²) in [4.78, 5) is 28.6. The largest absolute Gasteiger partial charge is 0.493 e. The van der Waals surface area contributed by atoms with Crippen LogP contribution in [0.15, 0.2) is 47.3 Å². The van der Waals surface area contributed by atoms with Crippen LogP contribution in [0, 0.1) is 6.92 Å². The fourth-order valence-corrected chi connectivity index (χ4v) is 5.40. The SMILES string of the molecule is COc1cc([C@H]2S[C@@H](C)C(=O)N2c2c(C)n(C)n(-c3ccccc3)c2=O)cc(OC)c1OC.